The maximum Gasteiger partial charge on any atom is 0.373 e. The van der Waals surface area contributed by atoms with Crippen molar-refractivity contribution >= 4 is 40.1 Å². The molecule has 0 aromatic heterocycles. The molecule has 0 aliphatic rings. The van der Waals surface area contributed by atoms with Gasteiger partial charge < -0.3 is 0 Å². The van der Waals surface area contributed by atoms with Crippen molar-refractivity contribution in [3.63, 3.8) is 0 Å². The third-order valence-electron chi connectivity index (χ3n) is 6.44. The Hall–Kier alpha value is -2.66. The molecule has 4 rings (SSSR count). The summed E-state index contributed by atoms with van der Waals surface area (Å²) in [5, 5.41) is -0.0839. The third kappa shape index (κ3) is 8.41. The van der Waals surface area contributed by atoms with E-state index in [1.54, 1.807) is 36.4 Å². The Morgan fingerprint density at radius 3 is 1.54 bits per heavy atom. The fourth-order valence-electron chi connectivity index (χ4n) is 4.03. The highest BCUT2D eigenvalue weighted by atomic mass is 32.2. The van der Waals surface area contributed by atoms with E-state index in [1.807, 2.05) is 0 Å². The van der Waals surface area contributed by atoms with Crippen LogP contribution in [-0.4, -0.2) is 18.2 Å². The molecule has 0 spiro atoms. The molecule has 0 amide bonds. The molecule has 0 unspecified atom stereocenters. The van der Waals surface area contributed by atoms with Crippen molar-refractivity contribution in [2.75, 3.05) is 0 Å². The first kappa shape index (κ1) is 30.9. The van der Waals surface area contributed by atoms with E-state index in [0.29, 0.717) is 5.39 Å². The van der Waals surface area contributed by atoms with Crippen molar-refractivity contribution in [1.29, 1.82) is 0 Å². The van der Waals surface area contributed by atoms with Crippen LogP contribution in [0.25, 0.3) is 10.8 Å². The Bertz CT molecular complexity index is 1440. The molecule has 3 nitrogen and oxygen atoms in total. The van der Waals surface area contributed by atoms with Gasteiger partial charge in [-0.1, -0.05) is 141 Å². The minimum atomic E-state index is -5.40. The van der Waals surface area contributed by atoms with Gasteiger partial charge in [0.05, 0.1) is 6.42 Å². The lowest BCUT2D eigenvalue weighted by molar-refractivity contribution is 0.0816. The van der Waals surface area contributed by atoms with Gasteiger partial charge in [-0.3, -0.25) is 4.55 Å². The van der Waals surface area contributed by atoms with Crippen LogP contribution in [0.1, 0.15) is 58.2 Å². The largest absolute Gasteiger partial charge is 0.373 e. The van der Waals surface area contributed by atoms with E-state index in [9.17, 15) is 17.2 Å². The lowest BCUT2D eigenvalue weighted by Crippen LogP contribution is -2.30. The molecule has 0 saturated carbocycles. The average Bonchev–Trinajstić information content (AvgIpc) is 2.83. The SMILES string of the molecule is CC(C)(C)c1ccc(Pc2ccc(C(C)(C)C)cc2)cc1.O=S(=O)(O)C(F)(F)Cc1cccc2ccccc12. The van der Waals surface area contributed by atoms with Crippen LogP contribution in [0.3, 0.4) is 0 Å². The molecule has 0 fully saturated rings. The number of hydrogen-bond acceptors (Lipinski definition) is 2. The Morgan fingerprint density at radius 2 is 1.10 bits per heavy atom. The summed E-state index contributed by atoms with van der Waals surface area (Å²) < 4.78 is 56.3. The minimum Gasteiger partial charge on any atom is -0.281 e. The highest BCUT2D eigenvalue weighted by Gasteiger charge is 2.44. The first-order valence-electron chi connectivity index (χ1n) is 12.8. The summed E-state index contributed by atoms with van der Waals surface area (Å²) in [7, 11) is -4.67. The second-order valence-corrected chi connectivity index (χ2v) is 14.7. The van der Waals surface area contributed by atoms with Gasteiger partial charge in [0, 0.05) is 0 Å². The summed E-state index contributed by atoms with van der Waals surface area (Å²) in [5.41, 5.74) is 3.44. The van der Waals surface area contributed by atoms with Gasteiger partial charge in [-0.15, -0.1) is 0 Å². The van der Waals surface area contributed by atoms with Crippen LogP contribution in [0, 0.1) is 0 Å². The fraction of sp³-hybridized carbons (Fsp3) is 0.312. The lowest BCUT2D eigenvalue weighted by Gasteiger charge is -2.20. The van der Waals surface area contributed by atoms with Crippen molar-refractivity contribution in [1.82, 2.24) is 0 Å². The molecule has 1 N–H and O–H groups in total. The van der Waals surface area contributed by atoms with Gasteiger partial charge in [0.2, 0.25) is 0 Å². The molecule has 0 aliphatic carbocycles. The van der Waals surface area contributed by atoms with Gasteiger partial charge in [0.1, 0.15) is 0 Å². The van der Waals surface area contributed by atoms with E-state index in [-0.39, 0.29) is 16.4 Å². The summed E-state index contributed by atoms with van der Waals surface area (Å²) in [6.07, 6.45) is -1.05. The van der Waals surface area contributed by atoms with Gasteiger partial charge in [0.15, 0.2) is 0 Å². The zero-order valence-electron chi connectivity index (χ0n) is 23.3. The first-order chi connectivity index (χ1) is 18.0. The van der Waals surface area contributed by atoms with E-state index in [2.05, 4.69) is 90.1 Å². The molecule has 0 saturated heterocycles. The van der Waals surface area contributed by atoms with Gasteiger partial charge in [-0.05, 0) is 48.9 Å². The maximum atomic E-state index is 13.3. The molecule has 39 heavy (non-hydrogen) atoms. The van der Waals surface area contributed by atoms with Crippen LogP contribution in [0.5, 0.6) is 0 Å². The van der Waals surface area contributed by atoms with Crippen molar-refractivity contribution in [3.05, 3.63) is 108 Å². The summed E-state index contributed by atoms with van der Waals surface area (Å²) in [6.45, 7) is 13.6. The number of halogens is 2. The van der Waals surface area contributed by atoms with Gasteiger partial charge >= 0.3 is 15.4 Å². The van der Waals surface area contributed by atoms with Crippen LogP contribution in [0.2, 0.25) is 0 Å². The molecule has 4 aromatic carbocycles. The molecule has 0 atom stereocenters. The van der Waals surface area contributed by atoms with Gasteiger partial charge in [-0.25, -0.2) is 0 Å². The maximum absolute atomic E-state index is 13.3. The second kappa shape index (κ2) is 11.8. The minimum absolute atomic E-state index is 0.177. The zero-order valence-corrected chi connectivity index (χ0v) is 25.1. The number of fused-ring (bicyclic) bond motifs is 1. The predicted octanol–water partition coefficient (Wildman–Crippen LogP) is 7.77. The summed E-state index contributed by atoms with van der Waals surface area (Å²) in [4.78, 5) is 0. The molecular weight excluding hydrogens is 533 g/mol. The van der Waals surface area contributed by atoms with E-state index in [1.165, 1.54) is 27.8 Å². The third-order valence-corrected chi connectivity index (χ3v) is 8.59. The van der Waals surface area contributed by atoms with Gasteiger partial charge in [-0.2, -0.15) is 17.2 Å². The Kier molecular flexibility index (Phi) is 9.37. The second-order valence-electron chi connectivity index (χ2n) is 11.7. The molecule has 0 bridgehead atoms. The lowest BCUT2D eigenvalue weighted by atomic mass is 9.87. The highest BCUT2D eigenvalue weighted by molar-refractivity contribution is 7.86. The molecule has 0 aliphatic heterocycles. The molecule has 0 radical (unpaired) electrons. The fourth-order valence-corrected chi connectivity index (χ4v) is 5.37. The van der Waals surface area contributed by atoms with E-state index < -0.39 is 21.8 Å². The van der Waals surface area contributed by atoms with Crippen LogP contribution in [0.4, 0.5) is 8.78 Å². The predicted molar refractivity (Wildman–Crippen MR) is 162 cm³/mol. The molecule has 208 valence electrons. The van der Waals surface area contributed by atoms with Crippen LogP contribution < -0.4 is 10.6 Å². The van der Waals surface area contributed by atoms with Crippen LogP contribution in [0.15, 0.2) is 91.0 Å². The topological polar surface area (TPSA) is 54.4 Å². The van der Waals surface area contributed by atoms with Crippen LogP contribution in [-0.2, 0) is 27.4 Å². The summed E-state index contributed by atoms with van der Waals surface area (Å²) in [5.74, 6) is 0. The van der Waals surface area contributed by atoms with Gasteiger partial charge in [0.25, 0.3) is 0 Å². The molecule has 0 heterocycles. The Morgan fingerprint density at radius 1 is 0.667 bits per heavy atom. The monoisotopic (exact) mass is 570 g/mol. The standard InChI is InChI=1S/C20H27P.C12H10F2O3S/c1-19(2,3)15-7-11-17(12-8-15)21-18-13-9-16(10-14-18)20(4,5)6;13-12(14,18(15,16)17)8-10-6-3-5-9-4-1-2-7-11(9)10/h7-14,21H,1-6H3;1-7H,8H2,(H,15,16,17). The smallest absolute Gasteiger partial charge is 0.281 e. The first-order valence-corrected chi connectivity index (χ1v) is 15.2. The number of benzene rings is 4. The van der Waals surface area contributed by atoms with E-state index >= 15 is 0 Å². The quantitative estimate of drug-likeness (QED) is 0.197. The summed E-state index contributed by atoms with van der Waals surface area (Å²) >= 11 is 0. The summed E-state index contributed by atoms with van der Waals surface area (Å²) in [6, 6.07) is 29.7. The zero-order chi connectivity index (χ0) is 29.1. The normalized spacial score (nSPS) is 12.6. The Balaban J connectivity index is 0.000000218. The molecule has 7 heteroatoms. The number of hydrogen-bond donors (Lipinski definition) is 1. The van der Waals surface area contributed by atoms with Crippen molar-refractivity contribution in [2.24, 2.45) is 0 Å². The molecular formula is C32H37F2O3PS. The average molecular weight is 571 g/mol. The molecule has 4 aromatic rings. The highest BCUT2D eigenvalue weighted by Crippen LogP contribution is 2.29. The van der Waals surface area contributed by atoms with E-state index in [0.717, 1.165) is 14.0 Å². The van der Waals surface area contributed by atoms with Crippen molar-refractivity contribution < 1.29 is 21.8 Å². The Labute approximate surface area is 233 Å². The number of rotatable bonds is 5. The van der Waals surface area contributed by atoms with Crippen molar-refractivity contribution in [3.8, 4) is 0 Å². The van der Waals surface area contributed by atoms with E-state index in [4.69, 9.17) is 4.55 Å². The van der Waals surface area contributed by atoms with Crippen molar-refractivity contribution in [2.45, 2.75) is 64.0 Å². The number of alkyl halides is 2. The van der Waals surface area contributed by atoms with Crippen LogP contribution >= 0.6 is 8.58 Å².